The lowest BCUT2D eigenvalue weighted by molar-refractivity contribution is -0.138. The fraction of sp³-hybridized carbons (Fsp3) is 0.800. The predicted octanol–water partition coefficient (Wildman–Crippen LogP) is -0.496. The summed E-state index contributed by atoms with van der Waals surface area (Å²) in [5.41, 5.74) is 0. The Balaban J connectivity index is 2.64. The van der Waals surface area contributed by atoms with Crippen molar-refractivity contribution in [2.24, 2.45) is 5.92 Å². The van der Waals surface area contributed by atoms with Crippen LogP contribution in [0.1, 0.15) is 6.42 Å². The monoisotopic (exact) mass is 164 g/mol. The van der Waals surface area contributed by atoms with E-state index in [4.69, 9.17) is 5.11 Å². The molecule has 0 heterocycles. The topological polar surface area (TPSA) is 71.4 Å². The number of carboxylic acids is 1. The molecule has 1 fully saturated rings. The smallest absolute Gasteiger partial charge is 0.307 e. The summed E-state index contributed by atoms with van der Waals surface area (Å²) in [5.74, 6) is -1.65. The van der Waals surface area contributed by atoms with Crippen LogP contribution < -0.4 is 0 Å². The highest BCUT2D eigenvalue weighted by Gasteiger charge is 2.49. The molecule has 0 unspecified atom stereocenters. The molecule has 0 aromatic heterocycles. The molecule has 0 aromatic carbocycles. The zero-order valence-electron chi connectivity index (χ0n) is 5.44. The lowest BCUT2D eigenvalue weighted by Gasteiger charge is -1.90. The molecule has 4 nitrogen and oxygen atoms in total. The predicted molar refractivity (Wildman–Crippen MR) is 34.4 cm³/mol. The van der Waals surface area contributed by atoms with Crippen molar-refractivity contribution in [2.45, 2.75) is 11.7 Å². The highest BCUT2D eigenvalue weighted by Crippen LogP contribution is 2.36. The van der Waals surface area contributed by atoms with Crippen molar-refractivity contribution in [1.29, 1.82) is 0 Å². The molecular weight excluding hydrogens is 156 g/mol. The van der Waals surface area contributed by atoms with Crippen LogP contribution in [0.5, 0.6) is 0 Å². The van der Waals surface area contributed by atoms with Gasteiger partial charge in [-0.15, -0.1) is 0 Å². The molecule has 10 heavy (non-hydrogen) atoms. The van der Waals surface area contributed by atoms with Gasteiger partial charge in [0.15, 0.2) is 9.84 Å². The van der Waals surface area contributed by atoms with Gasteiger partial charge >= 0.3 is 5.97 Å². The molecule has 58 valence electrons. The summed E-state index contributed by atoms with van der Waals surface area (Å²) in [7, 11) is -3.10. The van der Waals surface area contributed by atoms with Gasteiger partial charge in [-0.25, -0.2) is 8.42 Å². The van der Waals surface area contributed by atoms with E-state index in [1.165, 1.54) is 0 Å². The average molecular weight is 164 g/mol. The van der Waals surface area contributed by atoms with Crippen LogP contribution in [-0.4, -0.2) is 31.0 Å². The fourth-order valence-corrected chi connectivity index (χ4v) is 2.17. The largest absolute Gasteiger partial charge is 0.481 e. The Morgan fingerprint density at radius 2 is 2.10 bits per heavy atom. The second kappa shape index (κ2) is 1.95. The molecule has 2 atom stereocenters. The van der Waals surface area contributed by atoms with E-state index < -0.39 is 27.0 Å². The van der Waals surface area contributed by atoms with E-state index in [0.29, 0.717) is 0 Å². The Kier molecular flexibility index (Phi) is 1.47. The summed E-state index contributed by atoms with van der Waals surface area (Å²) in [6.45, 7) is 0. The first-order valence-electron chi connectivity index (χ1n) is 2.84. The van der Waals surface area contributed by atoms with Crippen molar-refractivity contribution in [3.63, 3.8) is 0 Å². The van der Waals surface area contributed by atoms with Crippen molar-refractivity contribution in [3.05, 3.63) is 0 Å². The SMILES string of the molecule is CS(=O)(=O)[C@@H]1C[C@@H]1C(=O)O. The third-order valence-electron chi connectivity index (χ3n) is 1.60. The molecule has 5 heteroatoms. The normalized spacial score (nSPS) is 31.7. The highest BCUT2D eigenvalue weighted by molar-refractivity contribution is 7.91. The zero-order chi connectivity index (χ0) is 7.94. The minimum absolute atomic E-state index is 0.286. The van der Waals surface area contributed by atoms with Crippen LogP contribution >= 0.6 is 0 Å². The highest BCUT2D eigenvalue weighted by atomic mass is 32.2. The first-order valence-corrected chi connectivity index (χ1v) is 4.80. The summed E-state index contributed by atoms with van der Waals surface area (Å²) >= 11 is 0. The summed E-state index contributed by atoms with van der Waals surface area (Å²) in [6.07, 6.45) is 1.36. The number of carbonyl (C=O) groups is 1. The van der Waals surface area contributed by atoms with Gasteiger partial charge in [0, 0.05) is 6.26 Å². The van der Waals surface area contributed by atoms with E-state index in [-0.39, 0.29) is 6.42 Å². The Hall–Kier alpha value is -0.580. The molecule has 0 spiro atoms. The first-order chi connectivity index (χ1) is 4.43. The van der Waals surface area contributed by atoms with Crippen LogP contribution in [0, 0.1) is 5.92 Å². The molecule has 1 N–H and O–H groups in total. The fourth-order valence-electron chi connectivity index (χ4n) is 0.905. The van der Waals surface area contributed by atoms with Gasteiger partial charge in [-0.2, -0.15) is 0 Å². The van der Waals surface area contributed by atoms with Crippen LogP contribution in [0.25, 0.3) is 0 Å². The Labute approximate surface area is 58.8 Å². The summed E-state index contributed by atoms with van der Waals surface area (Å²) < 4.78 is 21.3. The van der Waals surface area contributed by atoms with Crippen LogP contribution in [0.4, 0.5) is 0 Å². The molecule has 0 bridgehead atoms. The van der Waals surface area contributed by atoms with E-state index in [9.17, 15) is 13.2 Å². The minimum Gasteiger partial charge on any atom is -0.481 e. The lowest BCUT2D eigenvalue weighted by Crippen LogP contribution is -2.10. The van der Waals surface area contributed by atoms with Crippen LogP contribution in [0.15, 0.2) is 0 Å². The van der Waals surface area contributed by atoms with E-state index in [0.717, 1.165) is 6.26 Å². The second-order valence-corrected chi connectivity index (χ2v) is 4.81. The molecule has 0 radical (unpaired) electrons. The molecule has 1 saturated carbocycles. The number of aliphatic carboxylic acids is 1. The van der Waals surface area contributed by atoms with Crippen LogP contribution in [-0.2, 0) is 14.6 Å². The van der Waals surface area contributed by atoms with Gasteiger partial charge < -0.3 is 5.11 Å². The van der Waals surface area contributed by atoms with Crippen LogP contribution in [0.3, 0.4) is 0 Å². The van der Waals surface area contributed by atoms with Crippen molar-refractivity contribution in [1.82, 2.24) is 0 Å². The quantitative estimate of drug-likeness (QED) is 0.597. The average Bonchev–Trinajstić information content (AvgIpc) is 2.35. The van der Waals surface area contributed by atoms with Crippen LogP contribution in [0.2, 0.25) is 0 Å². The number of carboxylic acid groups (broad SMARTS) is 1. The van der Waals surface area contributed by atoms with Gasteiger partial charge in [-0.1, -0.05) is 0 Å². The van der Waals surface area contributed by atoms with E-state index >= 15 is 0 Å². The van der Waals surface area contributed by atoms with Crippen molar-refractivity contribution >= 4 is 15.8 Å². The van der Waals surface area contributed by atoms with Crippen molar-refractivity contribution < 1.29 is 18.3 Å². The summed E-state index contributed by atoms with van der Waals surface area (Å²) in [6, 6.07) is 0. The molecule has 1 rings (SSSR count). The third-order valence-corrected chi connectivity index (χ3v) is 3.22. The van der Waals surface area contributed by atoms with Gasteiger partial charge in [0.25, 0.3) is 0 Å². The number of hydrogen-bond acceptors (Lipinski definition) is 3. The maximum atomic E-state index is 10.6. The van der Waals surface area contributed by atoms with Gasteiger partial charge in [0.05, 0.1) is 11.2 Å². The molecule has 0 amide bonds. The minimum atomic E-state index is -3.10. The van der Waals surface area contributed by atoms with Gasteiger partial charge in [-0.3, -0.25) is 4.79 Å². The third kappa shape index (κ3) is 1.29. The van der Waals surface area contributed by atoms with Gasteiger partial charge in [-0.05, 0) is 6.42 Å². The Bertz CT molecular complexity index is 253. The number of rotatable bonds is 2. The van der Waals surface area contributed by atoms with E-state index in [1.54, 1.807) is 0 Å². The summed E-state index contributed by atoms with van der Waals surface area (Å²) in [5, 5.41) is 7.70. The lowest BCUT2D eigenvalue weighted by atomic mass is 10.4. The van der Waals surface area contributed by atoms with Gasteiger partial charge in [0.2, 0.25) is 0 Å². The first kappa shape index (κ1) is 7.53. The maximum absolute atomic E-state index is 10.6. The Morgan fingerprint density at radius 3 is 2.20 bits per heavy atom. The number of hydrogen-bond donors (Lipinski definition) is 1. The Morgan fingerprint density at radius 1 is 1.60 bits per heavy atom. The number of sulfone groups is 1. The maximum Gasteiger partial charge on any atom is 0.307 e. The van der Waals surface area contributed by atoms with E-state index in [2.05, 4.69) is 0 Å². The standard InChI is InChI=1S/C5H8O4S/c1-10(8,9)4-2-3(4)5(6)7/h3-4H,2H2,1H3,(H,6,7)/t3-,4+/m0/s1. The van der Waals surface area contributed by atoms with Gasteiger partial charge in [0.1, 0.15) is 0 Å². The molecule has 1 aliphatic rings. The summed E-state index contributed by atoms with van der Waals surface area (Å²) in [4.78, 5) is 10.2. The van der Waals surface area contributed by atoms with Crippen molar-refractivity contribution in [2.75, 3.05) is 6.26 Å². The zero-order valence-corrected chi connectivity index (χ0v) is 6.26. The molecule has 1 aliphatic carbocycles. The molecule has 0 saturated heterocycles. The second-order valence-electron chi connectivity index (χ2n) is 2.55. The van der Waals surface area contributed by atoms with E-state index in [1.807, 2.05) is 0 Å². The molecule has 0 aromatic rings. The molecule has 0 aliphatic heterocycles. The van der Waals surface area contributed by atoms with Crippen molar-refractivity contribution in [3.8, 4) is 0 Å². The molecular formula is C5H8O4S.